The molecule has 0 aliphatic carbocycles. The van der Waals surface area contributed by atoms with Gasteiger partial charge in [-0.1, -0.05) is 17.7 Å². The molecule has 0 aliphatic rings. The third kappa shape index (κ3) is 4.57. The van der Waals surface area contributed by atoms with Gasteiger partial charge in [-0.05, 0) is 61.9 Å². The molecule has 6 nitrogen and oxygen atoms in total. The summed E-state index contributed by atoms with van der Waals surface area (Å²) in [6, 6.07) is 16.1. The molecular weight excluding hydrogens is 362 g/mol. The van der Waals surface area contributed by atoms with Crippen molar-refractivity contribution in [2.24, 2.45) is 0 Å². The smallest absolute Gasteiger partial charge is 0.262 e. The maximum absolute atomic E-state index is 12.6. The van der Waals surface area contributed by atoms with Crippen molar-refractivity contribution >= 4 is 27.2 Å². The minimum atomic E-state index is -3.71. The van der Waals surface area contributed by atoms with E-state index in [0.717, 1.165) is 5.69 Å². The maximum Gasteiger partial charge on any atom is 0.262 e. The zero-order valence-corrected chi connectivity index (χ0v) is 16.2. The molecule has 0 saturated heterocycles. The minimum absolute atomic E-state index is 0.199. The molecule has 27 heavy (non-hydrogen) atoms. The fourth-order valence-corrected chi connectivity index (χ4v) is 3.84. The van der Waals surface area contributed by atoms with Gasteiger partial charge < -0.3 is 10.1 Å². The van der Waals surface area contributed by atoms with Crippen molar-refractivity contribution in [1.82, 2.24) is 4.98 Å². The SMILES string of the molecule is COc1ccc(S(=O)(=O)Nc2ccc(Nc3ccc(C)cc3)nc2)c(C)c1. The second kappa shape index (κ2) is 7.67. The third-order valence-electron chi connectivity index (χ3n) is 4.01. The standard InChI is InChI=1S/C20H21N3O3S/c1-14-4-6-16(7-5-14)22-20-11-8-17(13-21-20)23-27(24,25)19-10-9-18(26-3)12-15(19)2/h4-13,23H,1-3H3,(H,21,22). The molecule has 0 bridgehead atoms. The van der Waals surface area contributed by atoms with Crippen LogP contribution < -0.4 is 14.8 Å². The Labute approximate surface area is 159 Å². The Hall–Kier alpha value is -3.06. The van der Waals surface area contributed by atoms with Gasteiger partial charge in [-0.3, -0.25) is 4.72 Å². The molecule has 0 fully saturated rings. The van der Waals surface area contributed by atoms with E-state index >= 15 is 0 Å². The van der Waals surface area contributed by atoms with Gasteiger partial charge in [0.25, 0.3) is 10.0 Å². The average molecular weight is 383 g/mol. The van der Waals surface area contributed by atoms with Gasteiger partial charge in [0, 0.05) is 5.69 Å². The number of anilines is 3. The molecular formula is C20H21N3O3S. The number of methoxy groups -OCH3 is 1. The summed E-state index contributed by atoms with van der Waals surface area (Å²) < 4.78 is 32.9. The Balaban J connectivity index is 1.74. The lowest BCUT2D eigenvalue weighted by Crippen LogP contribution is -2.14. The van der Waals surface area contributed by atoms with E-state index in [1.165, 1.54) is 17.8 Å². The summed E-state index contributed by atoms with van der Waals surface area (Å²) in [7, 11) is -2.17. The van der Waals surface area contributed by atoms with Gasteiger partial charge in [-0.25, -0.2) is 13.4 Å². The molecule has 0 saturated carbocycles. The number of rotatable bonds is 6. The highest BCUT2D eigenvalue weighted by molar-refractivity contribution is 7.92. The van der Waals surface area contributed by atoms with Crippen molar-refractivity contribution in [2.75, 3.05) is 17.1 Å². The number of sulfonamides is 1. The van der Waals surface area contributed by atoms with Crippen LogP contribution in [0.25, 0.3) is 0 Å². The fraction of sp³-hybridized carbons (Fsp3) is 0.150. The molecule has 0 radical (unpaired) electrons. The lowest BCUT2D eigenvalue weighted by Gasteiger charge is -2.12. The van der Waals surface area contributed by atoms with Crippen LogP contribution in [0.1, 0.15) is 11.1 Å². The van der Waals surface area contributed by atoms with Gasteiger partial charge in [0.1, 0.15) is 11.6 Å². The van der Waals surface area contributed by atoms with Crippen LogP contribution in [0.2, 0.25) is 0 Å². The lowest BCUT2D eigenvalue weighted by molar-refractivity contribution is 0.414. The molecule has 3 aromatic rings. The molecule has 1 aromatic heterocycles. The molecule has 0 amide bonds. The largest absolute Gasteiger partial charge is 0.497 e. The molecule has 140 valence electrons. The fourth-order valence-electron chi connectivity index (χ4n) is 2.57. The van der Waals surface area contributed by atoms with E-state index in [4.69, 9.17) is 4.74 Å². The van der Waals surface area contributed by atoms with E-state index in [1.807, 2.05) is 31.2 Å². The number of nitrogens with one attached hydrogen (secondary N) is 2. The van der Waals surface area contributed by atoms with Crippen molar-refractivity contribution in [2.45, 2.75) is 18.7 Å². The highest BCUT2D eigenvalue weighted by atomic mass is 32.2. The van der Waals surface area contributed by atoms with Crippen LogP contribution in [0, 0.1) is 13.8 Å². The summed E-state index contributed by atoms with van der Waals surface area (Å²) in [5.74, 6) is 1.24. The van der Waals surface area contributed by atoms with Crippen LogP contribution in [0.3, 0.4) is 0 Å². The molecule has 0 atom stereocenters. The normalized spacial score (nSPS) is 11.1. The highest BCUT2D eigenvalue weighted by Gasteiger charge is 2.17. The van der Waals surface area contributed by atoms with Crippen LogP contribution in [0.4, 0.5) is 17.2 Å². The van der Waals surface area contributed by atoms with Crippen molar-refractivity contribution in [1.29, 1.82) is 0 Å². The topological polar surface area (TPSA) is 80.3 Å². The second-order valence-electron chi connectivity index (χ2n) is 6.16. The van der Waals surface area contributed by atoms with Crippen LogP contribution in [0.15, 0.2) is 65.7 Å². The first-order valence-corrected chi connectivity index (χ1v) is 9.83. The number of nitrogens with zero attached hydrogens (tertiary/aromatic N) is 1. The summed E-state index contributed by atoms with van der Waals surface area (Å²) in [6.45, 7) is 3.75. The predicted molar refractivity (Wildman–Crippen MR) is 107 cm³/mol. The van der Waals surface area contributed by atoms with Gasteiger partial charge in [-0.2, -0.15) is 0 Å². The molecule has 0 unspecified atom stereocenters. The van der Waals surface area contributed by atoms with Crippen LogP contribution >= 0.6 is 0 Å². The summed E-state index contributed by atoms with van der Waals surface area (Å²) >= 11 is 0. The van der Waals surface area contributed by atoms with Crippen LogP contribution in [0.5, 0.6) is 5.75 Å². The van der Waals surface area contributed by atoms with E-state index in [9.17, 15) is 8.42 Å². The first-order valence-electron chi connectivity index (χ1n) is 8.34. The number of ether oxygens (including phenoxy) is 1. The zero-order chi connectivity index (χ0) is 19.4. The number of hydrogen-bond donors (Lipinski definition) is 2. The van der Waals surface area contributed by atoms with E-state index in [1.54, 1.807) is 38.3 Å². The summed E-state index contributed by atoms with van der Waals surface area (Å²) in [6.07, 6.45) is 1.48. The van der Waals surface area contributed by atoms with Gasteiger partial charge in [0.2, 0.25) is 0 Å². The van der Waals surface area contributed by atoms with Gasteiger partial charge >= 0.3 is 0 Å². The van der Waals surface area contributed by atoms with Crippen molar-refractivity contribution in [3.63, 3.8) is 0 Å². The third-order valence-corrected chi connectivity index (χ3v) is 5.55. The summed E-state index contributed by atoms with van der Waals surface area (Å²) in [4.78, 5) is 4.47. The number of aromatic nitrogens is 1. The van der Waals surface area contributed by atoms with Crippen LogP contribution in [-0.4, -0.2) is 20.5 Å². The van der Waals surface area contributed by atoms with Gasteiger partial charge in [-0.15, -0.1) is 0 Å². The first kappa shape index (κ1) is 18.7. The van der Waals surface area contributed by atoms with Crippen molar-refractivity contribution in [3.05, 3.63) is 71.9 Å². The molecule has 7 heteroatoms. The first-order chi connectivity index (χ1) is 12.9. The maximum atomic E-state index is 12.6. The number of pyridine rings is 1. The molecule has 1 heterocycles. The minimum Gasteiger partial charge on any atom is -0.497 e. The molecule has 2 N–H and O–H groups in total. The number of aryl methyl sites for hydroxylation is 2. The van der Waals surface area contributed by atoms with Crippen LogP contribution in [-0.2, 0) is 10.0 Å². The predicted octanol–water partition coefficient (Wildman–Crippen LogP) is 4.25. The Kier molecular flexibility index (Phi) is 5.32. The monoisotopic (exact) mass is 383 g/mol. The zero-order valence-electron chi connectivity index (χ0n) is 15.4. The molecule has 3 rings (SSSR count). The molecule has 0 spiro atoms. The van der Waals surface area contributed by atoms with E-state index in [-0.39, 0.29) is 4.90 Å². The average Bonchev–Trinajstić information content (AvgIpc) is 2.64. The van der Waals surface area contributed by atoms with Gasteiger partial charge in [0.05, 0.1) is 23.9 Å². The Bertz CT molecular complexity index is 1030. The van der Waals surface area contributed by atoms with E-state index < -0.39 is 10.0 Å². The Morgan fingerprint density at radius 2 is 1.63 bits per heavy atom. The highest BCUT2D eigenvalue weighted by Crippen LogP contribution is 2.24. The van der Waals surface area contributed by atoms with E-state index in [2.05, 4.69) is 15.0 Å². The van der Waals surface area contributed by atoms with Crippen molar-refractivity contribution in [3.8, 4) is 5.75 Å². The summed E-state index contributed by atoms with van der Waals surface area (Å²) in [5, 5.41) is 3.17. The lowest BCUT2D eigenvalue weighted by atomic mass is 10.2. The Morgan fingerprint density at radius 1 is 0.926 bits per heavy atom. The number of hydrogen-bond acceptors (Lipinski definition) is 5. The van der Waals surface area contributed by atoms with E-state index in [0.29, 0.717) is 22.8 Å². The van der Waals surface area contributed by atoms with Crippen molar-refractivity contribution < 1.29 is 13.2 Å². The molecule has 2 aromatic carbocycles. The van der Waals surface area contributed by atoms with Gasteiger partial charge in [0.15, 0.2) is 0 Å². The second-order valence-corrected chi connectivity index (χ2v) is 7.81. The molecule has 0 aliphatic heterocycles. The summed E-state index contributed by atoms with van der Waals surface area (Å²) in [5.41, 5.74) is 3.08. The number of benzene rings is 2. The Morgan fingerprint density at radius 3 is 2.22 bits per heavy atom. The quantitative estimate of drug-likeness (QED) is 0.665.